The van der Waals surface area contributed by atoms with Crippen LogP contribution in [0.5, 0.6) is 0 Å². The van der Waals surface area contributed by atoms with E-state index in [9.17, 15) is 14.4 Å². The first-order chi connectivity index (χ1) is 17.9. The fourth-order valence-electron chi connectivity index (χ4n) is 3.63. The van der Waals surface area contributed by atoms with Crippen molar-refractivity contribution in [2.45, 2.75) is 32.4 Å². The average molecular weight is 496 g/mol. The second-order valence-electron chi connectivity index (χ2n) is 9.03. The third-order valence-corrected chi connectivity index (χ3v) is 5.98. The van der Waals surface area contributed by atoms with Crippen molar-refractivity contribution in [3.63, 3.8) is 0 Å². The molecule has 4 rings (SSSR count). The van der Waals surface area contributed by atoms with Crippen LogP contribution < -0.4 is 16.1 Å². The van der Waals surface area contributed by atoms with Gasteiger partial charge in [0.15, 0.2) is 0 Å². The van der Waals surface area contributed by atoms with Crippen molar-refractivity contribution in [3.05, 3.63) is 112 Å². The van der Waals surface area contributed by atoms with Crippen molar-refractivity contribution in [2.75, 3.05) is 0 Å². The van der Waals surface area contributed by atoms with Gasteiger partial charge in [-0.05, 0) is 66.3 Å². The fraction of sp³-hybridized carbons (Fsp3) is 0.167. The van der Waals surface area contributed by atoms with Crippen LogP contribution in [0.4, 0.5) is 0 Å². The highest BCUT2D eigenvalue weighted by atomic mass is 16.5. The zero-order valence-electron chi connectivity index (χ0n) is 20.5. The molecule has 0 spiro atoms. The van der Waals surface area contributed by atoms with Gasteiger partial charge in [-0.1, -0.05) is 66.2 Å². The molecule has 188 valence electrons. The highest BCUT2D eigenvalue weighted by Gasteiger charge is 2.25. The number of benzene rings is 3. The summed E-state index contributed by atoms with van der Waals surface area (Å²) < 4.78 is 0. The fourth-order valence-corrected chi connectivity index (χ4v) is 3.63. The van der Waals surface area contributed by atoms with Crippen molar-refractivity contribution in [1.82, 2.24) is 16.1 Å². The summed E-state index contributed by atoms with van der Waals surface area (Å²) in [6.45, 7) is 2.32. The lowest BCUT2D eigenvalue weighted by Crippen LogP contribution is -2.26. The Balaban J connectivity index is 1.37. The zero-order valence-corrected chi connectivity index (χ0v) is 20.5. The molecule has 0 saturated heterocycles. The molecule has 7 nitrogen and oxygen atoms in total. The number of aryl methyl sites for hydroxylation is 1. The molecule has 0 heterocycles. The van der Waals surface area contributed by atoms with Gasteiger partial charge >= 0.3 is 0 Å². The van der Waals surface area contributed by atoms with E-state index in [1.165, 1.54) is 6.08 Å². The van der Waals surface area contributed by atoms with Crippen molar-refractivity contribution in [3.8, 4) is 0 Å². The molecule has 0 aliphatic heterocycles. The van der Waals surface area contributed by atoms with Gasteiger partial charge < -0.3 is 10.6 Å². The van der Waals surface area contributed by atoms with E-state index < -0.39 is 5.91 Å². The van der Waals surface area contributed by atoms with E-state index in [1.54, 1.807) is 35.8 Å². The summed E-state index contributed by atoms with van der Waals surface area (Å²) in [6, 6.07) is 22.4. The standard InChI is InChI=1S/C30H29N3O4/c1-20-2-11-24(12-3-20)27(30(36)32-26-15-16-26)18-22-6-4-21(5-7-22)10-17-28(34)31-19-23-8-13-25(14-9-23)29(35)33-37/h2-14,17-18,26,37H,15-16,19H2,1H3,(H,31,34)(H,32,36)(H,33,35)/b17-10?,27-18+. The van der Waals surface area contributed by atoms with E-state index in [2.05, 4.69) is 10.6 Å². The maximum atomic E-state index is 12.9. The van der Waals surface area contributed by atoms with Gasteiger partial charge in [-0.15, -0.1) is 0 Å². The summed E-state index contributed by atoms with van der Waals surface area (Å²) in [7, 11) is 0. The molecule has 3 amide bonds. The number of amides is 3. The third kappa shape index (κ3) is 7.49. The summed E-state index contributed by atoms with van der Waals surface area (Å²) in [6.07, 6.45) is 7.11. The molecule has 3 aromatic rings. The van der Waals surface area contributed by atoms with Gasteiger partial charge in [0, 0.05) is 29.8 Å². The molecule has 1 aliphatic carbocycles. The number of hydrogen-bond donors (Lipinski definition) is 4. The molecule has 0 radical (unpaired) electrons. The molecule has 4 N–H and O–H groups in total. The molecule has 0 unspecified atom stereocenters. The number of carbonyl (C=O) groups is 3. The zero-order chi connectivity index (χ0) is 26.2. The first kappa shape index (κ1) is 25.6. The van der Waals surface area contributed by atoms with Gasteiger partial charge in [-0.25, -0.2) is 5.48 Å². The minimum atomic E-state index is -0.590. The van der Waals surface area contributed by atoms with Crippen molar-refractivity contribution < 1.29 is 19.6 Å². The normalized spacial score (nSPS) is 13.3. The summed E-state index contributed by atoms with van der Waals surface area (Å²) in [4.78, 5) is 36.5. The predicted molar refractivity (Wildman–Crippen MR) is 143 cm³/mol. The van der Waals surface area contributed by atoms with Crippen LogP contribution in [-0.4, -0.2) is 29.0 Å². The summed E-state index contributed by atoms with van der Waals surface area (Å²) in [5, 5.41) is 14.5. The number of carbonyl (C=O) groups excluding carboxylic acids is 3. The molecule has 3 aromatic carbocycles. The van der Waals surface area contributed by atoms with Gasteiger partial charge in [-0.3, -0.25) is 19.6 Å². The van der Waals surface area contributed by atoms with E-state index >= 15 is 0 Å². The van der Waals surface area contributed by atoms with Gasteiger partial charge in [0.25, 0.3) is 11.8 Å². The molecular formula is C30H29N3O4. The van der Waals surface area contributed by atoms with E-state index in [1.807, 2.05) is 61.5 Å². The van der Waals surface area contributed by atoms with E-state index in [4.69, 9.17) is 5.21 Å². The molecule has 0 bridgehead atoms. The van der Waals surface area contributed by atoms with E-state index in [0.717, 1.165) is 40.7 Å². The van der Waals surface area contributed by atoms with Crippen LogP contribution in [0.15, 0.2) is 78.9 Å². The monoisotopic (exact) mass is 495 g/mol. The lowest BCUT2D eigenvalue weighted by atomic mass is 10.00. The van der Waals surface area contributed by atoms with Crippen molar-refractivity contribution >= 4 is 35.4 Å². The molecule has 0 aromatic heterocycles. The summed E-state index contributed by atoms with van der Waals surface area (Å²) in [5.41, 5.74) is 7.10. The first-order valence-electron chi connectivity index (χ1n) is 12.1. The van der Waals surface area contributed by atoms with Gasteiger partial charge in [0.05, 0.1) is 0 Å². The minimum absolute atomic E-state index is 0.0710. The van der Waals surface area contributed by atoms with Crippen molar-refractivity contribution in [2.24, 2.45) is 0 Å². The van der Waals surface area contributed by atoms with Crippen LogP contribution in [0.1, 0.15) is 51.0 Å². The van der Waals surface area contributed by atoms with Crippen LogP contribution in [0.2, 0.25) is 0 Å². The van der Waals surface area contributed by atoms with Crippen LogP contribution >= 0.6 is 0 Å². The van der Waals surface area contributed by atoms with E-state index in [0.29, 0.717) is 17.7 Å². The van der Waals surface area contributed by atoms with Crippen LogP contribution in [0.25, 0.3) is 17.7 Å². The quantitative estimate of drug-likeness (QED) is 0.154. The Labute approximate surface area is 215 Å². The van der Waals surface area contributed by atoms with Crippen LogP contribution in [0, 0.1) is 6.92 Å². The smallest absolute Gasteiger partial charge is 0.274 e. The molecule has 0 atom stereocenters. The van der Waals surface area contributed by atoms with E-state index in [-0.39, 0.29) is 17.9 Å². The van der Waals surface area contributed by atoms with Crippen LogP contribution in [-0.2, 0) is 16.1 Å². The molecule has 1 aliphatic rings. The Kier molecular flexibility index (Phi) is 8.28. The SMILES string of the molecule is Cc1ccc(/C(=C\c2ccc(C=CC(=O)NCc3ccc(C(=O)NO)cc3)cc2)C(=O)NC2CC2)cc1. The highest BCUT2D eigenvalue weighted by molar-refractivity contribution is 6.24. The Hall–Kier alpha value is -4.49. The summed E-state index contributed by atoms with van der Waals surface area (Å²) in [5.74, 6) is -0.911. The molecule has 1 fully saturated rings. The first-order valence-corrected chi connectivity index (χ1v) is 12.1. The second kappa shape index (κ2) is 12.0. The lowest BCUT2D eigenvalue weighted by Gasteiger charge is -2.10. The topological polar surface area (TPSA) is 108 Å². The van der Waals surface area contributed by atoms with Gasteiger partial charge in [0.2, 0.25) is 5.91 Å². The number of hydroxylamine groups is 1. The number of rotatable bonds is 9. The highest BCUT2D eigenvalue weighted by Crippen LogP contribution is 2.24. The average Bonchev–Trinajstić information content (AvgIpc) is 3.74. The lowest BCUT2D eigenvalue weighted by molar-refractivity contribution is -0.117. The summed E-state index contributed by atoms with van der Waals surface area (Å²) >= 11 is 0. The minimum Gasteiger partial charge on any atom is -0.349 e. The third-order valence-electron chi connectivity index (χ3n) is 5.98. The maximum Gasteiger partial charge on any atom is 0.274 e. The Morgan fingerprint density at radius 3 is 2.11 bits per heavy atom. The Morgan fingerprint density at radius 1 is 0.865 bits per heavy atom. The van der Waals surface area contributed by atoms with Gasteiger partial charge in [-0.2, -0.15) is 0 Å². The largest absolute Gasteiger partial charge is 0.349 e. The molecule has 7 heteroatoms. The number of nitrogens with one attached hydrogen (secondary N) is 3. The molecular weight excluding hydrogens is 466 g/mol. The molecule has 37 heavy (non-hydrogen) atoms. The van der Waals surface area contributed by atoms with Crippen LogP contribution in [0.3, 0.4) is 0 Å². The maximum absolute atomic E-state index is 12.9. The van der Waals surface area contributed by atoms with Crippen molar-refractivity contribution in [1.29, 1.82) is 0 Å². The Morgan fingerprint density at radius 2 is 1.49 bits per heavy atom. The predicted octanol–water partition coefficient (Wildman–Crippen LogP) is 4.26. The second-order valence-corrected chi connectivity index (χ2v) is 9.03. The Bertz CT molecular complexity index is 1320. The number of hydrogen-bond acceptors (Lipinski definition) is 4. The van der Waals surface area contributed by atoms with Gasteiger partial charge in [0.1, 0.15) is 0 Å². The molecule has 1 saturated carbocycles.